The molecule has 0 saturated carbocycles. The van der Waals surface area contributed by atoms with Crippen LogP contribution in [0.5, 0.6) is 5.75 Å². The standard InChI is InChI=1S/C56H67N11O7S/c1-8-47(69)60-39-13-12-14-41(28-39)67-49(71)27-35(2)43-32-58-55(63-52(43)67)61-44-21-20-40(29-46(44)74-7)65-25-23-64(24-26-65)22-11-9-10-15-48(70)62-51(56(4,5)6)54(73)66-33-42(68)30-45(66)53(72)57-31-37-16-18-38(19-17-37)50-36(3)59-34-75-50/h8,12-14,16-21,27-29,32,34,42,45,51,68H,1,9-11,15,22-26,30-31,33H2,2-7H3,(H,57,72)(H,60,69)(H,62,70)(H,58,61,63)/t42-,45+,51-/m1/s1. The molecule has 0 unspecified atom stereocenters. The van der Waals surface area contributed by atoms with Crippen LogP contribution in [-0.2, 0) is 25.7 Å². The fraction of sp³-hybridized carbons (Fsp3) is 0.393. The Morgan fingerprint density at radius 2 is 1.72 bits per heavy atom. The van der Waals surface area contributed by atoms with E-state index in [9.17, 15) is 29.1 Å². The van der Waals surface area contributed by atoms with Gasteiger partial charge in [0.2, 0.25) is 29.6 Å². The summed E-state index contributed by atoms with van der Waals surface area (Å²) in [5.74, 6) is -0.421. The van der Waals surface area contributed by atoms with Gasteiger partial charge in [0.15, 0.2) is 5.65 Å². The highest BCUT2D eigenvalue weighted by atomic mass is 32.1. The van der Waals surface area contributed by atoms with Crippen molar-refractivity contribution >= 4 is 69.0 Å². The summed E-state index contributed by atoms with van der Waals surface area (Å²) in [6.45, 7) is 17.6. The number of β-amino-alcohol motifs (C(OH)–C–C–N with tert-alkyl or cyclic N) is 1. The van der Waals surface area contributed by atoms with E-state index in [4.69, 9.17) is 9.72 Å². The minimum atomic E-state index is -0.876. The van der Waals surface area contributed by atoms with Crippen molar-refractivity contribution in [1.29, 1.82) is 0 Å². The van der Waals surface area contributed by atoms with Crippen molar-refractivity contribution in [3.05, 3.63) is 124 Å². The van der Waals surface area contributed by atoms with Crippen molar-refractivity contribution in [3.63, 3.8) is 0 Å². The monoisotopic (exact) mass is 1040 g/mol. The molecule has 75 heavy (non-hydrogen) atoms. The van der Waals surface area contributed by atoms with Gasteiger partial charge >= 0.3 is 0 Å². The van der Waals surface area contributed by atoms with Crippen molar-refractivity contribution in [2.24, 2.45) is 5.41 Å². The molecular formula is C56H67N11O7S. The zero-order valence-electron chi connectivity index (χ0n) is 43.5. The number of hydrogen-bond donors (Lipinski definition) is 5. The maximum Gasteiger partial charge on any atom is 0.257 e. The third kappa shape index (κ3) is 13.1. The molecule has 4 amide bonds. The number of benzene rings is 3. The zero-order valence-corrected chi connectivity index (χ0v) is 44.3. The van der Waals surface area contributed by atoms with Crippen molar-refractivity contribution in [3.8, 4) is 21.9 Å². The zero-order chi connectivity index (χ0) is 53.4. The van der Waals surface area contributed by atoms with Gasteiger partial charge in [-0.3, -0.25) is 33.4 Å². The summed E-state index contributed by atoms with van der Waals surface area (Å²) in [5, 5.41) is 23.3. The number of aromatic nitrogens is 4. The Morgan fingerprint density at radius 3 is 2.43 bits per heavy atom. The fourth-order valence-corrected chi connectivity index (χ4v) is 10.4. The first kappa shape index (κ1) is 53.8. The third-order valence-corrected chi connectivity index (χ3v) is 14.8. The smallest absolute Gasteiger partial charge is 0.257 e. The van der Waals surface area contributed by atoms with Crippen LogP contribution in [0.1, 0.15) is 69.7 Å². The SMILES string of the molecule is C=CC(=O)Nc1cccc(-n2c(=O)cc(C)c3cnc(Nc4ccc(N5CCN(CCCCCC(=O)N[C@H](C(=O)N6C[C@H](O)C[C@H]6C(=O)NCc6ccc(-c7scnc7C)cc6)C(C)(C)C)CC5)cc4OC)nc32)c1. The van der Waals surface area contributed by atoms with Gasteiger partial charge in [-0.2, -0.15) is 4.98 Å². The lowest BCUT2D eigenvalue weighted by Gasteiger charge is -2.36. The van der Waals surface area contributed by atoms with Crippen LogP contribution in [-0.4, -0.2) is 123 Å². The maximum absolute atomic E-state index is 14.1. The Labute approximate surface area is 441 Å². The Hall–Kier alpha value is -7.48. The third-order valence-electron chi connectivity index (χ3n) is 13.8. The summed E-state index contributed by atoms with van der Waals surface area (Å²) in [4.78, 5) is 87.4. The van der Waals surface area contributed by atoms with Crippen LogP contribution < -0.4 is 36.5 Å². The Balaban J connectivity index is 0.791. The van der Waals surface area contributed by atoms with Crippen molar-refractivity contribution in [1.82, 2.24) is 40.0 Å². The van der Waals surface area contributed by atoms with E-state index in [1.165, 1.54) is 21.6 Å². The average Bonchev–Trinajstić information content (AvgIpc) is 4.02. The van der Waals surface area contributed by atoms with E-state index in [1.807, 2.05) is 82.6 Å². The topological polar surface area (TPSA) is 216 Å². The highest BCUT2D eigenvalue weighted by Crippen LogP contribution is 2.33. The summed E-state index contributed by atoms with van der Waals surface area (Å²) in [7, 11) is 1.61. The average molecular weight is 1040 g/mol. The van der Waals surface area contributed by atoms with Gasteiger partial charge in [-0.1, -0.05) is 64.1 Å². The summed E-state index contributed by atoms with van der Waals surface area (Å²) in [5.41, 5.74) is 7.67. The molecule has 0 aliphatic carbocycles. The lowest BCUT2D eigenvalue weighted by atomic mass is 9.85. The summed E-state index contributed by atoms with van der Waals surface area (Å²) in [6, 6.07) is 20.6. The van der Waals surface area contributed by atoms with E-state index >= 15 is 0 Å². The van der Waals surface area contributed by atoms with E-state index in [2.05, 4.69) is 47.6 Å². The molecule has 2 saturated heterocycles. The lowest BCUT2D eigenvalue weighted by molar-refractivity contribution is -0.144. The Morgan fingerprint density at radius 1 is 0.947 bits per heavy atom. The molecule has 2 fully saturated rings. The highest BCUT2D eigenvalue weighted by molar-refractivity contribution is 7.13. The number of unbranched alkanes of at least 4 members (excludes halogenated alkanes) is 2. The number of rotatable bonds is 19. The van der Waals surface area contributed by atoms with Crippen LogP contribution in [0.3, 0.4) is 0 Å². The molecule has 0 bridgehead atoms. The highest BCUT2D eigenvalue weighted by Gasteiger charge is 2.44. The van der Waals surface area contributed by atoms with Gasteiger partial charge in [0, 0.05) is 87.2 Å². The van der Waals surface area contributed by atoms with Gasteiger partial charge in [0.1, 0.15) is 17.8 Å². The minimum absolute atomic E-state index is 0.0179. The number of piperazine rings is 1. The molecule has 6 aromatic rings. The van der Waals surface area contributed by atoms with Gasteiger partial charge < -0.3 is 40.9 Å². The number of nitrogens with zero attached hydrogens (tertiary/aromatic N) is 7. The number of thiazole rings is 1. The number of nitrogens with one attached hydrogen (secondary N) is 4. The summed E-state index contributed by atoms with van der Waals surface area (Å²) < 4.78 is 7.32. The largest absolute Gasteiger partial charge is 0.494 e. The minimum Gasteiger partial charge on any atom is -0.494 e. The number of methoxy groups -OCH3 is 1. The summed E-state index contributed by atoms with van der Waals surface area (Å²) >= 11 is 1.58. The predicted molar refractivity (Wildman–Crippen MR) is 294 cm³/mol. The first-order valence-electron chi connectivity index (χ1n) is 25.4. The predicted octanol–water partition coefficient (Wildman–Crippen LogP) is 6.89. The van der Waals surface area contributed by atoms with E-state index in [0.29, 0.717) is 40.3 Å². The molecule has 3 aromatic heterocycles. The van der Waals surface area contributed by atoms with Crippen LogP contribution in [0.25, 0.3) is 27.2 Å². The van der Waals surface area contributed by atoms with Gasteiger partial charge in [0.25, 0.3) is 5.56 Å². The van der Waals surface area contributed by atoms with Gasteiger partial charge in [-0.05, 0) is 91.7 Å². The van der Waals surface area contributed by atoms with Crippen molar-refractivity contribution in [2.75, 3.05) is 61.9 Å². The van der Waals surface area contributed by atoms with Crippen molar-refractivity contribution in [2.45, 2.75) is 91.5 Å². The normalized spacial score (nSPS) is 16.4. The van der Waals surface area contributed by atoms with Gasteiger partial charge in [-0.15, -0.1) is 11.3 Å². The second-order valence-corrected chi connectivity index (χ2v) is 21.1. The van der Waals surface area contributed by atoms with Crippen LogP contribution in [0.4, 0.5) is 23.0 Å². The van der Waals surface area contributed by atoms with E-state index in [0.717, 1.165) is 78.5 Å². The van der Waals surface area contributed by atoms with Crippen LogP contribution in [0, 0.1) is 19.3 Å². The number of aryl methyl sites for hydroxylation is 2. The molecule has 3 aromatic carbocycles. The van der Waals surface area contributed by atoms with Gasteiger partial charge in [0.05, 0.1) is 40.7 Å². The molecule has 5 N–H and O–H groups in total. The first-order valence-corrected chi connectivity index (χ1v) is 26.3. The fourth-order valence-electron chi connectivity index (χ4n) is 9.62. The van der Waals surface area contributed by atoms with Gasteiger partial charge in [-0.25, -0.2) is 9.97 Å². The number of fused-ring (bicyclic) bond motifs is 1. The Bertz CT molecular complexity index is 3110. The lowest BCUT2D eigenvalue weighted by Crippen LogP contribution is -2.57. The number of carbonyl (C=O) groups is 4. The molecular weight excluding hydrogens is 971 g/mol. The van der Waals surface area contributed by atoms with E-state index in [1.54, 1.807) is 48.9 Å². The second-order valence-electron chi connectivity index (χ2n) is 20.3. The number of carbonyl (C=O) groups excluding carboxylic acids is 4. The second kappa shape index (κ2) is 23.8. The molecule has 0 radical (unpaired) electrons. The number of hydrogen-bond acceptors (Lipinski definition) is 14. The summed E-state index contributed by atoms with van der Waals surface area (Å²) in [6.07, 6.45) is 4.85. The van der Waals surface area contributed by atoms with E-state index in [-0.39, 0.29) is 61.1 Å². The number of aliphatic hydroxyl groups excluding tert-OH is 1. The molecule has 8 rings (SSSR count). The van der Waals surface area contributed by atoms with Crippen molar-refractivity contribution < 1.29 is 29.0 Å². The van der Waals surface area contributed by atoms with Crippen LogP contribution in [0.15, 0.2) is 102 Å². The molecule has 5 heterocycles. The van der Waals surface area contributed by atoms with Crippen LogP contribution in [0.2, 0.25) is 0 Å². The first-order chi connectivity index (χ1) is 36.0. The number of anilines is 4. The maximum atomic E-state index is 14.1. The molecule has 19 heteroatoms. The molecule has 0 spiro atoms. The van der Waals surface area contributed by atoms with Crippen LogP contribution >= 0.6 is 11.3 Å². The molecule has 394 valence electrons. The number of likely N-dealkylation sites (tertiary alicyclic amines) is 1. The quantitative estimate of drug-likeness (QED) is 0.0413. The number of pyridine rings is 1. The number of aliphatic hydroxyl groups is 1. The Kier molecular flexibility index (Phi) is 17.1. The number of ether oxygens (including phenoxy) is 1. The molecule has 3 atom stereocenters. The molecule has 18 nitrogen and oxygen atoms in total. The molecule has 2 aliphatic rings. The van der Waals surface area contributed by atoms with E-state index < -0.39 is 23.6 Å². The molecule has 2 aliphatic heterocycles. The number of amides is 4.